The maximum Gasteiger partial charge on any atom is 0.326 e. The van der Waals surface area contributed by atoms with E-state index >= 15 is 0 Å². The summed E-state index contributed by atoms with van der Waals surface area (Å²) in [4.78, 5) is 22.7. The molecule has 0 aliphatic carbocycles. The molecule has 0 radical (unpaired) electrons. The smallest absolute Gasteiger partial charge is 0.326 e. The molecule has 17 heavy (non-hydrogen) atoms. The van der Waals surface area contributed by atoms with Gasteiger partial charge < -0.3 is 20.9 Å². The summed E-state index contributed by atoms with van der Waals surface area (Å²) < 4.78 is 4.80. The van der Waals surface area contributed by atoms with Crippen LogP contribution in [0.5, 0.6) is 0 Å². The van der Waals surface area contributed by atoms with Crippen molar-refractivity contribution in [1.29, 1.82) is 0 Å². The van der Waals surface area contributed by atoms with Crippen LogP contribution in [0.3, 0.4) is 0 Å². The molecule has 2 unspecified atom stereocenters. The monoisotopic (exact) mass is 246 g/mol. The van der Waals surface area contributed by atoms with Crippen LogP contribution in [-0.2, 0) is 14.3 Å². The minimum absolute atomic E-state index is 0.0804. The van der Waals surface area contributed by atoms with E-state index in [9.17, 15) is 9.59 Å². The van der Waals surface area contributed by atoms with Crippen LogP contribution in [0.25, 0.3) is 0 Å². The van der Waals surface area contributed by atoms with E-state index in [1.807, 2.05) is 13.8 Å². The molecule has 100 valence electrons. The van der Waals surface area contributed by atoms with Gasteiger partial charge in [-0.2, -0.15) is 0 Å². The molecule has 0 spiro atoms. The van der Waals surface area contributed by atoms with E-state index < -0.39 is 12.0 Å². The van der Waals surface area contributed by atoms with Crippen LogP contribution in [0, 0.1) is 11.8 Å². The van der Waals surface area contributed by atoms with E-state index in [1.54, 1.807) is 0 Å². The summed E-state index contributed by atoms with van der Waals surface area (Å²) in [5.41, 5.74) is 5.49. The van der Waals surface area contributed by atoms with Crippen molar-refractivity contribution in [3.63, 3.8) is 0 Å². The quantitative estimate of drug-likeness (QED) is 0.551. The normalized spacial score (nSPS) is 14.4. The molecule has 0 saturated heterocycles. The summed E-state index contributed by atoms with van der Waals surface area (Å²) in [7, 11) is 1.48. The Morgan fingerprint density at radius 2 is 2.00 bits per heavy atom. The molecule has 0 fully saturated rings. The van der Waals surface area contributed by atoms with Crippen molar-refractivity contribution in [1.82, 2.24) is 5.32 Å². The number of carboxylic acids is 1. The number of methoxy groups -OCH3 is 1. The van der Waals surface area contributed by atoms with Gasteiger partial charge in [0, 0.05) is 26.7 Å². The van der Waals surface area contributed by atoms with Gasteiger partial charge in [0.25, 0.3) is 0 Å². The summed E-state index contributed by atoms with van der Waals surface area (Å²) >= 11 is 0. The third-order valence-electron chi connectivity index (χ3n) is 2.62. The van der Waals surface area contributed by atoms with Gasteiger partial charge in [0.05, 0.1) is 5.92 Å². The molecular formula is C11H22N2O4. The molecule has 0 aliphatic rings. The first-order valence-electron chi connectivity index (χ1n) is 5.66. The SMILES string of the molecule is COCCC(NC(=O)C(CN)C(C)C)C(=O)O. The largest absolute Gasteiger partial charge is 0.480 e. The molecule has 0 saturated carbocycles. The summed E-state index contributed by atoms with van der Waals surface area (Å²) in [5.74, 6) is -1.66. The first-order chi connectivity index (χ1) is 7.93. The first kappa shape index (κ1) is 15.9. The van der Waals surface area contributed by atoms with Crippen LogP contribution in [0.4, 0.5) is 0 Å². The van der Waals surface area contributed by atoms with Crippen LogP contribution >= 0.6 is 0 Å². The minimum atomic E-state index is -1.06. The van der Waals surface area contributed by atoms with Gasteiger partial charge >= 0.3 is 5.97 Å². The van der Waals surface area contributed by atoms with E-state index in [2.05, 4.69) is 5.32 Å². The number of nitrogens with two attached hydrogens (primary N) is 1. The fourth-order valence-corrected chi connectivity index (χ4v) is 1.45. The molecule has 0 aromatic carbocycles. The zero-order valence-corrected chi connectivity index (χ0v) is 10.6. The topological polar surface area (TPSA) is 102 Å². The second kappa shape index (κ2) is 8.03. The lowest BCUT2D eigenvalue weighted by Gasteiger charge is -2.21. The number of carbonyl (C=O) groups excluding carboxylic acids is 1. The van der Waals surface area contributed by atoms with E-state index in [4.69, 9.17) is 15.6 Å². The molecule has 0 rings (SSSR count). The van der Waals surface area contributed by atoms with Gasteiger partial charge in [0.15, 0.2) is 0 Å². The molecule has 2 atom stereocenters. The Morgan fingerprint density at radius 3 is 2.35 bits per heavy atom. The van der Waals surface area contributed by atoms with E-state index in [1.165, 1.54) is 7.11 Å². The van der Waals surface area contributed by atoms with Crippen molar-refractivity contribution in [2.45, 2.75) is 26.3 Å². The Balaban J connectivity index is 4.43. The predicted molar refractivity (Wildman–Crippen MR) is 63.4 cm³/mol. The zero-order valence-electron chi connectivity index (χ0n) is 10.6. The molecule has 0 heterocycles. The van der Waals surface area contributed by atoms with Crippen LogP contribution in [0.15, 0.2) is 0 Å². The van der Waals surface area contributed by atoms with Gasteiger partial charge in [-0.15, -0.1) is 0 Å². The molecule has 0 aromatic rings. The molecule has 1 amide bonds. The highest BCUT2D eigenvalue weighted by atomic mass is 16.5. The van der Waals surface area contributed by atoms with E-state index in [0.29, 0.717) is 0 Å². The van der Waals surface area contributed by atoms with Crippen LogP contribution < -0.4 is 11.1 Å². The number of amides is 1. The summed E-state index contributed by atoms with van der Waals surface area (Å²) in [6.07, 6.45) is 0.243. The van der Waals surface area contributed by atoms with Crippen molar-refractivity contribution in [2.75, 3.05) is 20.3 Å². The number of carboxylic acid groups (broad SMARTS) is 1. The van der Waals surface area contributed by atoms with Crippen molar-refractivity contribution >= 4 is 11.9 Å². The maximum atomic E-state index is 11.8. The summed E-state index contributed by atoms with van der Waals surface area (Å²) in [6, 6.07) is -0.921. The Hall–Kier alpha value is -1.14. The molecule has 0 bridgehead atoms. The Morgan fingerprint density at radius 1 is 1.41 bits per heavy atom. The summed E-state index contributed by atoms with van der Waals surface area (Å²) in [5, 5.41) is 11.4. The fourth-order valence-electron chi connectivity index (χ4n) is 1.45. The highest BCUT2D eigenvalue weighted by molar-refractivity contribution is 5.85. The lowest BCUT2D eigenvalue weighted by Crippen LogP contribution is -2.47. The second-order valence-corrected chi connectivity index (χ2v) is 4.27. The molecule has 0 aliphatic heterocycles. The van der Waals surface area contributed by atoms with Crippen molar-refractivity contribution < 1.29 is 19.4 Å². The van der Waals surface area contributed by atoms with E-state index in [0.717, 1.165) is 0 Å². The number of carbonyl (C=O) groups is 2. The molecule has 6 heteroatoms. The second-order valence-electron chi connectivity index (χ2n) is 4.27. The highest BCUT2D eigenvalue weighted by Crippen LogP contribution is 2.09. The van der Waals surface area contributed by atoms with Crippen LogP contribution in [-0.4, -0.2) is 43.3 Å². The standard InChI is InChI=1S/C11H22N2O4/c1-7(2)8(6-12)10(14)13-9(11(15)16)4-5-17-3/h7-9H,4-6,12H2,1-3H3,(H,13,14)(H,15,16). The molecular weight excluding hydrogens is 224 g/mol. The number of hydrogen-bond donors (Lipinski definition) is 3. The predicted octanol–water partition coefficient (Wildman–Crippen LogP) is -0.177. The highest BCUT2D eigenvalue weighted by Gasteiger charge is 2.26. The van der Waals surface area contributed by atoms with Gasteiger partial charge in [0.1, 0.15) is 6.04 Å². The van der Waals surface area contributed by atoms with Crippen molar-refractivity contribution in [3.05, 3.63) is 0 Å². The number of hydrogen-bond acceptors (Lipinski definition) is 4. The van der Waals surface area contributed by atoms with Gasteiger partial charge in [-0.1, -0.05) is 13.8 Å². The number of nitrogens with one attached hydrogen (secondary N) is 1. The summed E-state index contributed by atoms with van der Waals surface area (Å²) in [6.45, 7) is 4.25. The molecule has 4 N–H and O–H groups in total. The number of ether oxygens (including phenoxy) is 1. The van der Waals surface area contributed by atoms with Crippen LogP contribution in [0.1, 0.15) is 20.3 Å². The van der Waals surface area contributed by atoms with Gasteiger partial charge in [0.2, 0.25) is 5.91 Å². The van der Waals surface area contributed by atoms with Crippen molar-refractivity contribution in [2.24, 2.45) is 17.6 Å². The average Bonchev–Trinajstić information content (AvgIpc) is 2.24. The lowest BCUT2D eigenvalue weighted by atomic mass is 9.94. The van der Waals surface area contributed by atoms with Crippen LogP contribution in [0.2, 0.25) is 0 Å². The number of rotatable bonds is 8. The molecule has 6 nitrogen and oxygen atoms in total. The van der Waals surface area contributed by atoms with Crippen molar-refractivity contribution in [3.8, 4) is 0 Å². The Bertz CT molecular complexity index is 256. The van der Waals surface area contributed by atoms with E-state index in [-0.39, 0.29) is 37.3 Å². The van der Waals surface area contributed by atoms with Gasteiger partial charge in [-0.25, -0.2) is 4.79 Å². The Kier molecular flexibility index (Phi) is 7.49. The first-order valence-corrected chi connectivity index (χ1v) is 5.66. The van der Waals surface area contributed by atoms with Gasteiger partial charge in [-0.3, -0.25) is 4.79 Å². The maximum absolute atomic E-state index is 11.8. The third-order valence-corrected chi connectivity index (χ3v) is 2.62. The third kappa shape index (κ3) is 5.65. The van der Waals surface area contributed by atoms with Gasteiger partial charge in [-0.05, 0) is 5.92 Å². The number of aliphatic carboxylic acids is 1. The zero-order chi connectivity index (χ0) is 13.4. The Labute approximate surface area is 102 Å². The fraction of sp³-hybridized carbons (Fsp3) is 0.818. The lowest BCUT2D eigenvalue weighted by molar-refractivity contribution is -0.143. The molecule has 0 aromatic heterocycles. The minimum Gasteiger partial charge on any atom is -0.480 e. The average molecular weight is 246 g/mol.